The van der Waals surface area contributed by atoms with Crippen LogP contribution >= 0.6 is 0 Å². The largest absolute Gasteiger partial charge is 0.465 e. The van der Waals surface area contributed by atoms with Gasteiger partial charge in [0.25, 0.3) is 0 Å². The first-order chi connectivity index (χ1) is 11.7. The Hall–Kier alpha value is -2.44. The van der Waals surface area contributed by atoms with Crippen LogP contribution in [0.25, 0.3) is 5.69 Å². The zero-order valence-electron chi connectivity index (χ0n) is 14.1. The second-order valence-corrected chi connectivity index (χ2v) is 5.77. The highest BCUT2D eigenvalue weighted by molar-refractivity contribution is 5.30. The molecule has 3 aromatic rings. The third-order valence-electron chi connectivity index (χ3n) is 3.86. The van der Waals surface area contributed by atoms with Crippen LogP contribution in [0.5, 0.6) is 0 Å². The van der Waals surface area contributed by atoms with E-state index in [2.05, 4.69) is 22.6 Å². The second kappa shape index (κ2) is 7.42. The molecule has 3 rings (SSSR count). The van der Waals surface area contributed by atoms with Crippen LogP contribution in [-0.4, -0.2) is 28.7 Å². The van der Waals surface area contributed by atoms with Crippen LogP contribution in [0, 0.1) is 6.92 Å². The van der Waals surface area contributed by atoms with Crippen molar-refractivity contribution in [1.29, 1.82) is 0 Å². The molecular formula is C18H22N4O2. The van der Waals surface area contributed by atoms with Gasteiger partial charge in [0, 0.05) is 7.11 Å². The van der Waals surface area contributed by atoms with Gasteiger partial charge >= 0.3 is 0 Å². The van der Waals surface area contributed by atoms with Crippen molar-refractivity contribution in [3.63, 3.8) is 0 Å². The smallest absolute Gasteiger partial charge is 0.123 e. The van der Waals surface area contributed by atoms with Crippen molar-refractivity contribution < 1.29 is 9.15 Å². The van der Waals surface area contributed by atoms with E-state index in [9.17, 15) is 0 Å². The Morgan fingerprint density at radius 3 is 2.67 bits per heavy atom. The van der Waals surface area contributed by atoms with Crippen LogP contribution in [0.3, 0.4) is 0 Å². The Bertz CT molecular complexity index is 766. The van der Waals surface area contributed by atoms with Gasteiger partial charge in [-0.2, -0.15) is 0 Å². The van der Waals surface area contributed by atoms with E-state index in [4.69, 9.17) is 9.15 Å². The number of nitrogens with one attached hydrogen (secondary N) is 1. The number of rotatable bonds is 7. The summed E-state index contributed by atoms with van der Waals surface area (Å²) in [7, 11) is 1.68. The van der Waals surface area contributed by atoms with E-state index in [1.54, 1.807) is 11.8 Å². The summed E-state index contributed by atoms with van der Waals surface area (Å²) in [5.74, 6) is 1.74. The molecule has 0 radical (unpaired) electrons. The maximum absolute atomic E-state index is 5.73. The van der Waals surface area contributed by atoms with Gasteiger partial charge in [-0.3, -0.25) is 5.32 Å². The summed E-state index contributed by atoms with van der Waals surface area (Å²) in [6.07, 6.45) is 1.93. The summed E-state index contributed by atoms with van der Waals surface area (Å²) < 4.78 is 12.8. The molecule has 6 nitrogen and oxygen atoms in total. The fourth-order valence-electron chi connectivity index (χ4n) is 2.59. The van der Waals surface area contributed by atoms with Crippen molar-refractivity contribution >= 4 is 0 Å². The molecule has 6 heteroatoms. The van der Waals surface area contributed by atoms with Crippen molar-refractivity contribution in [1.82, 2.24) is 20.3 Å². The average molecular weight is 326 g/mol. The van der Waals surface area contributed by atoms with Gasteiger partial charge in [0.15, 0.2) is 0 Å². The predicted molar refractivity (Wildman–Crippen MR) is 91.0 cm³/mol. The number of para-hydroxylation sites is 1. The Kier molecular flexibility index (Phi) is 5.08. The summed E-state index contributed by atoms with van der Waals surface area (Å²) in [6, 6.07) is 13.8. The van der Waals surface area contributed by atoms with E-state index in [-0.39, 0.29) is 12.1 Å². The van der Waals surface area contributed by atoms with Gasteiger partial charge in [0.2, 0.25) is 0 Å². The van der Waals surface area contributed by atoms with E-state index in [1.165, 1.54) is 0 Å². The maximum Gasteiger partial charge on any atom is 0.123 e. The van der Waals surface area contributed by atoms with Crippen LogP contribution in [-0.2, 0) is 4.74 Å². The van der Waals surface area contributed by atoms with Gasteiger partial charge in [-0.15, -0.1) is 5.10 Å². The van der Waals surface area contributed by atoms with E-state index in [1.807, 2.05) is 55.6 Å². The Labute approximate surface area is 141 Å². The van der Waals surface area contributed by atoms with E-state index in [0.717, 1.165) is 22.9 Å². The van der Waals surface area contributed by atoms with Gasteiger partial charge in [-0.25, -0.2) is 4.68 Å². The monoisotopic (exact) mass is 326 g/mol. The zero-order valence-corrected chi connectivity index (χ0v) is 14.1. The molecular weight excluding hydrogens is 304 g/mol. The molecule has 0 spiro atoms. The van der Waals surface area contributed by atoms with Crippen molar-refractivity contribution in [3.8, 4) is 5.69 Å². The average Bonchev–Trinajstić information content (AvgIpc) is 3.24. The predicted octanol–water partition coefficient (Wildman–Crippen LogP) is 3.21. The molecule has 0 aliphatic rings. The van der Waals surface area contributed by atoms with E-state index >= 15 is 0 Å². The fraction of sp³-hybridized carbons (Fsp3) is 0.333. The van der Waals surface area contributed by atoms with E-state index < -0.39 is 0 Å². The summed E-state index contributed by atoms with van der Waals surface area (Å²) in [5.41, 5.74) is 1.85. The SMILES string of the molecule is COC[C@@H](N[C@H](C)c1cn(-c2ccccc2)nn1)c1ccc(C)o1. The molecule has 126 valence electrons. The molecule has 1 aromatic carbocycles. The summed E-state index contributed by atoms with van der Waals surface area (Å²) in [4.78, 5) is 0. The molecule has 2 aromatic heterocycles. The Morgan fingerprint density at radius 2 is 2.00 bits per heavy atom. The van der Waals surface area contributed by atoms with Crippen LogP contribution in [0.1, 0.15) is 36.2 Å². The molecule has 1 N–H and O–H groups in total. The molecule has 2 heterocycles. The molecule has 0 bridgehead atoms. The molecule has 2 atom stereocenters. The van der Waals surface area contributed by atoms with Crippen LogP contribution < -0.4 is 5.32 Å². The minimum atomic E-state index is -0.0411. The lowest BCUT2D eigenvalue weighted by Crippen LogP contribution is -2.28. The lowest BCUT2D eigenvalue weighted by atomic mass is 10.1. The molecule has 0 aliphatic carbocycles. The highest BCUT2D eigenvalue weighted by Crippen LogP contribution is 2.21. The second-order valence-electron chi connectivity index (χ2n) is 5.77. The summed E-state index contributed by atoms with van der Waals surface area (Å²) >= 11 is 0. The van der Waals surface area contributed by atoms with Gasteiger partial charge < -0.3 is 9.15 Å². The molecule has 0 fully saturated rings. The van der Waals surface area contributed by atoms with Gasteiger partial charge in [0.05, 0.1) is 36.3 Å². The number of methoxy groups -OCH3 is 1. The van der Waals surface area contributed by atoms with Gasteiger partial charge in [-0.1, -0.05) is 23.4 Å². The Morgan fingerprint density at radius 1 is 1.21 bits per heavy atom. The number of ether oxygens (including phenoxy) is 1. The molecule has 0 amide bonds. The van der Waals surface area contributed by atoms with Crippen LogP contribution in [0.4, 0.5) is 0 Å². The van der Waals surface area contributed by atoms with Gasteiger partial charge in [0.1, 0.15) is 11.5 Å². The summed E-state index contributed by atoms with van der Waals surface area (Å²) in [5, 5.41) is 12.0. The number of furan rings is 1. The Balaban J connectivity index is 1.73. The fourth-order valence-corrected chi connectivity index (χ4v) is 2.59. The number of benzene rings is 1. The first kappa shape index (κ1) is 16.4. The molecule has 24 heavy (non-hydrogen) atoms. The quantitative estimate of drug-likeness (QED) is 0.722. The lowest BCUT2D eigenvalue weighted by molar-refractivity contribution is 0.151. The molecule has 0 saturated heterocycles. The highest BCUT2D eigenvalue weighted by atomic mass is 16.5. The van der Waals surface area contributed by atoms with Crippen LogP contribution in [0.15, 0.2) is 53.1 Å². The third kappa shape index (κ3) is 3.72. The normalized spacial score (nSPS) is 13.8. The zero-order chi connectivity index (χ0) is 16.9. The van der Waals surface area contributed by atoms with Crippen molar-refractivity contribution in [2.75, 3.05) is 13.7 Å². The number of aryl methyl sites for hydroxylation is 1. The molecule has 0 aliphatic heterocycles. The number of hydrogen-bond acceptors (Lipinski definition) is 5. The number of aromatic nitrogens is 3. The van der Waals surface area contributed by atoms with Crippen molar-refractivity contribution in [2.45, 2.75) is 25.9 Å². The van der Waals surface area contributed by atoms with Gasteiger partial charge in [-0.05, 0) is 38.1 Å². The molecule has 0 saturated carbocycles. The van der Waals surface area contributed by atoms with E-state index in [0.29, 0.717) is 6.61 Å². The highest BCUT2D eigenvalue weighted by Gasteiger charge is 2.20. The first-order valence-corrected chi connectivity index (χ1v) is 7.96. The van der Waals surface area contributed by atoms with Crippen LogP contribution in [0.2, 0.25) is 0 Å². The molecule has 0 unspecified atom stereocenters. The lowest BCUT2D eigenvalue weighted by Gasteiger charge is -2.19. The first-order valence-electron chi connectivity index (χ1n) is 7.96. The standard InChI is InChI=1S/C18H22N4O2/c1-13-9-10-18(24-13)17(12-23-3)19-14(2)16-11-22(21-20-16)15-7-5-4-6-8-15/h4-11,14,17,19H,12H2,1-3H3/t14-,17-/m1/s1. The number of nitrogens with zero attached hydrogens (tertiary/aromatic N) is 3. The van der Waals surface area contributed by atoms with Crippen molar-refractivity contribution in [2.24, 2.45) is 0 Å². The topological polar surface area (TPSA) is 65.1 Å². The third-order valence-corrected chi connectivity index (χ3v) is 3.86. The number of hydrogen-bond donors (Lipinski definition) is 1. The summed E-state index contributed by atoms with van der Waals surface area (Å²) in [6.45, 7) is 4.50. The minimum absolute atomic E-state index is 0.00742. The maximum atomic E-state index is 5.73. The van der Waals surface area contributed by atoms with Crippen molar-refractivity contribution in [3.05, 3.63) is 65.9 Å². The minimum Gasteiger partial charge on any atom is -0.465 e.